The van der Waals surface area contributed by atoms with E-state index >= 15 is 0 Å². The van der Waals surface area contributed by atoms with Crippen molar-refractivity contribution in [1.82, 2.24) is 18.5 Å². The van der Waals surface area contributed by atoms with E-state index in [0.717, 1.165) is 4.57 Å². The van der Waals surface area contributed by atoms with E-state index in [-0.39, 0.29) is 11.4 Å². The summed E-state index contributed by atoms with van der Waals surface area (Å²) in [5.74, 6) is 0.355. The number of aryl methyl sites for hydroxylation is 1. The van der Waals surface area contributed by atoms with Gasteiger partial charge in [-0.1, -0.05) is 0 Å². The first kappa shape index (κ1) is 7.78. The highest BCUT2D eigenvalue weighted by atomic mass is 16.2. The molecular formula is C7H8N4O2. The van der Waals surface area contributed by atoms with Crippen LogP contribution in [0.5, 0.6) is 0 Å². The van der Waals surface area contributed by atoms with Gasteiger partial charge in [-0.15, -0.1) is 0 Å². The SMILES string of the molecule is Cn1c(=O)n(C)c2nccn2c1=O. The summed E-state index contributed by atoms with van der Waals surface area (Å²) in [7, 11) is 3.01. The minimum absolute atomic E-state index is 0.355. The minimum Gasteiger partial charge on any atom is -0.266 e. The van der Waals surface area contributed by atoms with E-state index in [1.54, 1.807) is 7.05 Å². The van der Waals surface area contributed by atoms with Crippen LogP contribution in [0.4, 0.5) is 0 Å². The summed E-state index contributed by atoms with van der Waals surface area (Å²) in [6, 6.07) is 0. The molecule has 68 valence electrons. The van der Waals surface area contributed by atoms with Crippen LogP contribution in [-0.4, -0.2) is 18.5 Å². The number of aromatic nitrogens is 4. The van der Waals surface area contributed by atoms with Gasteiger partial charge in [0.25, 0.3) is 0 Å². The topological polar surface area (TPSA) is 61.3 Å². The number of imidazole rings is 1. The largest absolute Gasteiger partial charge is 0.338 e. The highest BCUT2D eigenvalue weighted by molar-refractivity contribution is 5.26. The van der Waals surface area contributed by atoms with E-state index in [0.29, 0.717) is 5.78 Å². The van der Waals surface area contributed by atoms with Crippen LogP contribution in [0.3, 0.4) is 0 Å². The second-order valence-electron chi connectivity index (χ2n) is 2.78. The van der Waals surface area contributed by atoms with Crippen LogP contribution in [-0.2, 0) is 14.1 Å². The van der Waals surface area contributed by atoms with Gasteiger partial charge in [-0.05, 0) is 0 Å². The summed E-state index contributed by atoms with van der Waals surface area (Å²) in [4.78, 5) is 26.7. The first-order valence-corrected chi connectivity index (χ1v) is 3.72. The molecule has 2 aromatic rings. The first-order valence-electron chi connectivity index (χ1n) is 3.72. The van der Waals surface area contributed by atoms with E-state index in [1.165, 1.54) is 28.4 Å². The molecule has 0 fully saturated rings. The Balaban J connectivity index is 3.21. The summed E-state index contributed by atoms with van der Waals surface area (Å²) in [5, 5.41) is 0. The molecule has 13 heavy (non-hydrogen) atoms. The lowest BCUT2D eigenvalue weighted by Gasteiger charge is -2.02. The Kier molecular flexibility index (Phi) is 1.39. The Hall–Kier alpha value is -1.85. The number of fused-ring (bicyclic) bond motifs is 1. The lowest BCUT2D eigenvalue weighted by molar-refractivity contribution is 0.648. The lowest BCUT2D eigenvalue weighted by Crippen LogP contribution is -2.40. The van der Waals surface area contributed by atoms with Crippen molar-refractivity contribution < 1.29 is 0 Å². The summed E-state index contributed by atoms with van der Waals surface area (Å²) in [6.45, 7) is 0. The Labute approximate surface area is 72.7 Å². The zero-order valence-electron chi connectivity index (χ0n) is 7.26. The molecule has 0 atom stereocenters. The molecule has 0 saturated heterocycles. The molecule has 2 rings (SSSR count). The maximum absolute atomic E-state index is 11.4. The Morgan fingerprint density at radius 3 is 2.54 bits per heavy atom. The van der Waals surface area contributed by atoms with Crippen LogP contribution < -0.4 is 11.4 Å². The van der Waals surface area contributed by atoms with Crippen LogP contribution in [0.25, 0.3) is 5.78 Å². The molecule has 0 aliphatic rings. The fraction of sp³-hybridized carbons (Fsp3) is 0.286. The second-order valence-corrected chi connectivity index (χ2v) is 2.78. The van der Waals surface area contributed by atoms with Crippen LogP contribution >= 0.6 is 0 Å². The van der Waals surface area contributed by atoms with Crippen LogP contribution in [0.15, 0.2) is 22.0 Å². The first-order chi connectivity index (χ1) is 6.13. The van der Waals surface area contributed by atoms with E-state index in [4.69, 9.17) is 0 Å². The van der Waals surface area contributed by atoms with Crippen molar-refractivity contribution in [3.05, 3.63) is 33.4 Å². The average molecular weight is 180 g/mol. The van der Waals surface area contributed by atoms with Crippen molar-refractivity contribution in [3.8, 4) is 0 Å². The maximum Gasteiger partial charge on any atom is 0.338 e. The molecular weight excluding hydrogens is 172 g/mol. The number of hydrogen-bond acceptors (Lipinski definition) is 3. The van der Waals surface area contributed by atoms with Crippen molar-refractivity contribution in [1.29, 1.82) is 0 Å². The molecule has 0 aromatic carbocycles. The van der Waals surface area contributed by atoms with E-state index < -0.39 is 0 Å². The third-order valence-corrected chi connectivity index (χ3v) is 1.99. The van der Waals surface area contributed by atoms with Gasteiger partial charge in [-0.3, -0.25) is 4.57 Å². The van der Waals surface area contributed by atoms with Crippen molar-refractivity contribution in [2.45, 2.75) is 0 Å². The summed E-state index contributed by atoms with van der Waals surface area (Å²) >= 11 is 0. The van der Waals surface area contributed by atoms with Gasteiger partial charge in [-0.25, -0.2) is 23.5 Å². The highest BCUT2D eigenvalue weighted by Gasteiger charge is 2.06. The van der Waals surface area contributed by atoms with Gasteiger partial charge in [0.2, 0.25) is 5.78 Å². The van der Waals surface area contributed by atoms with Gasteiger partial charge in [0, 0.05) is 26.5 Å². The minimum atomic E-state index is -0.379. The normalized spacial score (nSPS) is 10.9. The van der Waals surface area contributed by atoms with Crippen molar-refractivity contribution in [2.75, 3.05) is 0 Å². The van der Waals surface area contributed by atoms with Crippen molar-refractivity contribution in [3.63, 3.8) is 0 Å². The van der Waals surface area contributed by atoms with Gasteiger partial charge in [-0.2, -0.15) is 0 Å². The summed E-state index contributed by atoms with van der Waals surface area (Å²) in [6.07, 6.45) is 3.01. The molecule has 2 heterocycles. The number of hydrogen-bond donors (Lipinski definition) is 0. The van der Waals surface area contributed by atoms with Gasteiger partial charge < -0.3 is 0 Å². The van der Waals surface area contributed by atoms with E-state index in [9.17, 15) is 9.59 Å². The molecule has 2 aromatic heterocycles. The number of rotatable bonds is 0. The molecule has 0 radical (unpaired) electrons. The quantitative estimate of drug-likeness (QED) is 0.508. The molecule has 0 bridgehead atoms. The maximum atomic E-state index is 11.4. The van der Waals surface area contributed by atoms with Gasteiger partial charge in [0.1, 0.15) is 0 Å². The molecule has 0 amide bonds. The molecule has 6 nitrogen and oxygen atoms in total. The molecule has 0 aliphatic heterocycles. The zero-order valence-corrected chi connectivity index (χ0v) is 7.26. The standard InChI is InChI=1S/C7H8N4O2/c1-9-5-8-3-4-11(5)7(13)10(2)6(9)12/h3-4H,1-2H3. The molecule has 6 heteroatoms. The van der Waals surface area contributed by atoms with Gasteiger partial charge in [0.15, 0.2) is 0 Å². The summed E-state index contributed by atoms with van der Waals surface area (Å²) in [5.41, 5.74) is -0.751. The molecule has 0 N–H and O–H groups in total. The third-order valence-electron chi connectivity index (χ3n) is 1.99. The van der Waals surface area contributed by atoms with E-state index in [1.807, 2.05) is 0 Å². The fourth-order valence-electron chi connectivity index (χ4n) is 1.25. The highest BCUT2D eigenvalue weighted by Crippen LogP contribution is 1.89. The Morgan fingerprint density at radius 2 is 1.85 bits per heavy atom. The average Bonchev–Trinajstić information content (AvgIpc) is 2.59. The van der Waals surface area contributed by atoms with Gasteiger partial charge in [0.05, 0.1) is 0 Å². The predicted octanol–water partition coefficient (Wildman–Crippen LogP) is -1.27. The Morgan fingerprint density at radius 1 is 1.15 bits per heavy atom. The number of nitrogens with zero attached hydrogens (tertiary/aromatic N) is 4. The third kappa shape index (κ3) is 0.851. The van der Waals surface area contributed by atoms with Crippen molar-refractivity contribution in [2.24, 2.45) is 14.1 Å². The smallest absolute Gasteiger partial charge is 0.266 e. The van der Waals surface area contributed by atoms with Gasteiger partial charge >= 0.3 is 11.4 Å². The fourth-order valence-corrected chi connectivity index (χ4v) is 1.25. The molecule has 0 unspecified atom stereocenters. The predicted molar refractivity (Wildman–Crippen MR) is 45.7 cm³/mol. The zero-order chi connectivity index (χ0) is 9.59. The molecule has 0 saturated carbocycles. The Bertz CT molecular complexity index is 574. The van der Waals surface area contributed by atoms with E-state index in [2.05, 4.69) is 4.98 Å². The van der Waals surface area contributed by atoms with Crippen molar-refractivity contribution >= 4 is 5.78 Å². The molecule has 0 aliphatic carbocycles. The monoisotopic (exact) mass is 180 g/mol. The van der Waals surface area contributed by atoms with Crippen LogP contribution in [0.1, 0.15) is 0 Å². The summed E-state index contributed by atoms with van der Waals surface area (Å²) < 4.78 is 3.68. The molecule has 0 spiro atoms. The van der Waals surface area contributed by atoms with Crippen LogP contribution in [0.2, 0.25) is 0 Å². The second kappa shape index (κ2) is 2.32. The lowest BCUT2D eigenvalue weighted by atomic mass is 10.8. The van der Waals surface area contributed by atoms with Crippen LogP contribution in [0, 0.1) is 0 Å².